The van der Waals surface area contributed by atoms with Gasteiger partial charge in [-0.25, -0.2) is 0 Å². The van der Waals surface area contributed by atoms with Gasteiger partial charge in [0.05, 0.1) is 17.0 Å². The fraction of sp³-hybridized carbons (Fsp3) is 0.273. The highest BCUT2D eigenvalue weighted by molar-refractivity contribution is 7.99. The van der Waals surface area contributed by atoms with Gasteiger partial charge in [-0.15, -0.1) is 10.2 Å². The first-order valence-corrected chi connectivity index (χ1v) is 10.8. The molecule has 0 atom stereocenters. The van der Waals surface area contributed by atoms with Crippen LogP contribution in [0.15, 0.2) is 53.7 Å². The van der Waals surface area contributed by atoms with Gasteiger partial charge in [0.25, 0.3) is 5.91 Å². The zero-order chi connectivity index (χ0) is 21.1. The summed E-state index contributed by atoms with van der Waals surface area (Å²) in [6.07, 6.45) is 2.02. The molecule has 1 saturated carbocycles. The van der Waals surface area contributed by atoms with Gasteiger partial charge in [0.1, 0.15) is 5.82 Å². The van der Waals surface area contributed by atoms with Gasteiger partial charge in [-0.3, -0.25) is 14.2 Å². The molecule has 2 amide bonds. The Bertz CT molecular complexity index is 1070. The molecule has 1 aliphatic carbocycles. The number of nitrogens with zero attached hydrogens (tertiary/aromatic N) is 3. The molecule has 1 fully saturated rings. The number of rotatable bonds is 7. The number of nitrogens with one attached hydrogen (secondary N) is 2. The van der Waals surface area contributed by atoms with Crippen molar-refractivity contribution in [1.82, 2.24) is 20.1 Å². The van der Waals surface area contributed by atoms with Crippen LogP contribution in [-0.4, -0.2) is 38.4 Å². The molecule has 0 unspecified atom stereocenters. The van der Waals surface area contributed by atoms with Crippen molar-refractivity contribution < 1.29 is 9.59 Å². The molecule has 8 heteroatoms. The van der Waals surface area contributed by atoms with Gasteiger partial charge in [0.15, 0.2) is 5.16 Å². The van der Waals surface area contributed by atoms with Gasteiger partial charge < -0.3 is 10.6 Å². The highest BCUT2D eigenvalue weighted by Gasteiger charge is 2.25. The standard InChI is InChI=1S/C22H23N5O2S/c1-14-7-11-17(12-8-14)27-15(2)25-26-22(27)30-13-20(28)24-19-6-4-3-5-18(19)21(29)23-16-9-10-16/h3-8,11-12,16H,9-10,13H2,1-2H3,(H,23,29)(H,24,28). The molecule has 0 spiro atoms. The number of carbonyl (C=O) groups excluding carboxylic acids is 2. The van der Waals surface area contributed by atoms with Crippen molar-refractivity contribution >= 4 is 29.3 Å². The van der Waals surface area contributed by atoms with E-state index in [1.807, 2.05) is 42.7 Å². The number of hydrogen-bond acceptors (Lipinski definition) is 5. The first kappa shape index (κ1) is 20.2. The second-order valence-electron chi connectivity index (χ2n) is 7.33. The van der Waals surface area contributed by atoms with Crippen molar-refractivity contribution in [3.05, 3.63) is 65.5 Å². The number of hydrogen-bond donors (Lipinski definition) is 2. The van der Waals surface area contributed by atoms with E-state index in [4.69, 9.17) is 0 Å². The molecule has 0 bridgehead atoms. The highest BCUT2D eigenvalue weighted by atomic mass is 32.2. The molecule has 3 aromatic rings. The predicted molar refractivity (Wildman–Crippen MR) is 117 cm³/mol. The lowest BCUT2D eigenvalue weighted by Crippen LogP contribution is -2.27. The second-order valence-corrected chi connectivity index (χ2v) is 8.27. The van der Waals surface area contributed by atoms with Crippen molar-refractivity contribution in [2.75, 3.05) is 11.1 Å². The number of benzene rings is 2. The fourth-order valence-electron chi connectivity index (χ4n) is 3.02. The van der Waals surface area contributed by atoms with Crippen LogP contribution in [0.3, 0.4) is 0 Å². The van der Waals surface area contributed by atoms with Crippen molar-refractivity contribution in [3.8, 4) is 5.69 Å². The van der Waals surface area contributed by atoms with Gasteiger partial charge in [-0.05, 0) is 51.0 Å². The summed E-state index contributed by atoms with van der Waals surface area (Å²) >= 11 is 1.31. The maximum absolute atomic E-state index is 12.6. The third-order valence-electron chi connectivity index (χ3n) is 4.78. The summed E-state index contributed by atoms with van der Waals surface area (Å²) in [7, 11) is 0. The summed E-state index contributed by atoms with van der Waals surface area (Å²) in [5.41, 5.74) is 3.11. The minimum Gasteiger partial charge on any atom is -0.349 e. The molecular weight excluding hydrogens is 398 g/mol. The Morgan fingerprint density at radius 1 is 1.07 bits per heavy atom. The van der Waals surface area contributed by atoms with Crippen LogP contribution in [0.1, 0.15) is 34.6 Å². The third kappa shape index (κ3) is 4.71. The molecular formula is C22H23N5O2S. The zero-order valence-electron chi connectivity index (χ0n) is 16.9. The van der Waals surface area contributed by atoms with Crippen LogP contribution in [-0.2, 0) is 4.79 Å². The summed E-state index contributed by atoms with van der Waals surface area (Å²) in [4.78, 5) is 25.0. The Morgan fingerprint density at radius 2 is 1.80 bits per heavy atom. The van der Waals surface area contributed by atoms with Crippen LogP contribution < -0.4 is 10.6 Å². The summed E-state index contributed by atoms with van der Waals surface area (Å²) < 4.78 is 1.93. The lowest BCUT2D eigenvalue weighted by Gasteiger charge is -2.11. The lowest BCUT2D eigenvalue weighted by atomic mass is 10.1. The van der Waals surface area contributed by atoms with E-state index in [-0.39, 0.29) is 23.6 Å². The van der Waals surface area contributed by atoms with Crippen molar-refractivity contribution in [3.63, 3.8) is 0 Å². The molecule has 2 N–H and O–H groups in total. The Kier molecular flexibility index (Phi) is 5.85. The average molecular weight is 422 g/mol. The maximum atomic E-state index is 12.6. The molecule has 1 heterocycles. The topological polar surface area (TPSA) is 88.9 Å². The molecule has 0 saturated heterocycles. The molecule has 154 valence electrons. The van der Waals surface area contributed by atoms with Gasteiger partial charge >= 0.3 is 0 Å². The van der Waals surface area contributed by atoms with Crippen molar-refractivity contribution in [2.45, 2.75) is 37.9 Å². The van der Waals surface area contributed by atoms with E-state index in [0.717, 1.165) is 24.4 Å². The lowest BCUT2D eigenvalue weighted by molar-refractivity contribution is -0.113. The Labute approximate surface area is 179 Å². The first-order valence-electron chi connectivity index (χ1n) is 9.83. The minimum absolute atomic E-state index is 0.155. The Morgan fingerprint density at radius 3 is 2.53 bits per heavy atom. The first-order chi connectivity index (χ1) is 14.5. The van der Waals surface area contributed by atoms with E-state index in [1.54, 1.807) is 24.3 Å². The number of amides is 2. The number of anilines is 1. The maximum Gasteiger partial charge on any atom is 0.253 e. The van der Waals surface area contributed by atoms with E-state index >= 15 is 0 Å². The van der Waals surface area contributed by atoms with E-state index < -0.39 is 0 Å². The van der Waals surface area contributed by atoms with Gasteiger partial charge in [0, 0.05) is 11.7 Å². The zero-order valence-corrected chi connectivity index (χ0v) is 17.7. The van der Waals surface area contributed by atoms with Crippen LogP contribution in [0.5, 0.6) is 0 Å². The summed E-state index contributed by atoms with van der Waals surface area (Å²) in [5, 5.41) is 14.8. The van der Waals surface area contributed by atoms with Crippen molar-refractivity contribution in [1.29, 1.82) is 0 Å². The van der Waals surface area contributed by atoms with Crippen LogP contribution in [0, 0.1) is 13.8 Å². The van der Waals surface area contributed by atoms with Crippen LogP contribution >= 0.6 is 11.8 Å². The minimum atomic E-state index is -0.206. The molecule has 4 rings (SSSR count). The Hall–Kier alpha value is -3.13. The number of carbonyl (C=O) groups is 2. The monoisotopic (exact) mass is 421 g/mol. The number of aryl methyl sites for hydroxylation is 2. The summed E-state index contributed by atoms with van der Waals surface area (Å²) in [6, 6.07) is 15.4. The Balaban J connectivity index is 1.43. The van der Waals surface area contributed by atoms with Gasteiger partial charge in [-0.1, -0.05) is 41.6 Å². The largest absolute Gasteiger partial charge is 0.349 e. The van der Waals surface area contributed by atoms with Gasteiger partial charge in [-0.2, -0.15) is 0 Å². The fourth-order valence-corrected chi connectivity index (χ4v) is 3.82. The normalized spacial score (nSPS) is 13.1. The van der Waals surface area contributed by atoms with Crippen LogP contribution in [0.2, 0.25) is 0 Å². The molecule has 1 aliphatic rings. The third-order valence-corrected chi connectivity index (χ3v) is 5.71. The molecule has 0 aliphatic heterocycles. The molecule has 0 radical (unpaired) electrons. The van der Waals surface area contributed by atoms with Gasteiger partial charge in [0.2, 0.25) is 5.91 Å². The quantitative estimate of drug-likeness (QED) is 0.570. The number of aromatic nitrogens is 3. The highest BCUT2D eigenvalue weighted by Crippen LogP contribution is 2.24. The van der Waals surface area contributed by atoms with Crippen LogP contribution in [0.25, 0.3) is 5.69 Å². The predicted octanol–water partition coefficient (Wildman–Crippen LogP) is 3.51. The second kappa shape index (κ2) is 8.71. The molecule has 30 heavy (non-hydrogen) atoms. The van der Waals surface area contributed by atoms with E-state index in [2.05, 4.69) is 20.8 Å². The smallest absolute Gasteiger partial charge is 0.253 e. The number of thioether (sulfide) groups is 1. The molecule has 7 nitrogen and oxygen atoms in total. The van der Waals surface area contributed by atoms with Crippen molar-refractivity contribution in [2.24, 2.45) is 0 Å². The molecule has 1 aromatic heterocycles. The number of para-hydroxylation sites is 1. The van der Waals surface area contributed by atoms with E-state index in [9.17, 15) is 9.59 Å². The summed E-state index contributed by atoms with van der Waals surface area (Å²) in [6.45, 7) is 3.91. The van der Waals surface area contributed by atoms with E-state index in [1.165, 1.54) is 17.3 Å². The van der Waals surface area contributed by atoms with E-state index in [0.29, 0.717) is 16.4 Å². The average Bonchev–Trinajstić information content (AvgIpc) is 3.47. The molecule has 2 aromatic carbocycles. The summed E-state index contributed by atoms with van der Waals surface area (Å²) in [5.74, 6) is 0.546. The SMILES string of the molecule is Cc1ccc(-n2c(C)nnc2SCC(=O)Nc2ccccc2C(=O)NC2CC2)cc1. The van der Waals surface area contributed by atoms with Crippen LogP contribution in [0.4, 0.5) is 5.69 Å².